The molecular weight excluding hydrogens is 164 g/mol. The van der Waals surface area contributed by atoms with Crippen LogP contribution in [0.1, 0.15) is 33.1 Å². The number of hydrogen-bond acceptors (Lipinski definition) is 2. The number of aliphatic hydroxyl groups excluding tert-OH is 1. The van der Waals surface area contributed by atoms with Gasteiger partial charge in [0.05, 0.1) is 5.60 Å². The lowest BCUT2D eigenvalue weighted by molar-refractivity contribution is -0.0686. The SMILES string of the molecule is C=CCC[C@@](CCO)(OC)C(C)C. The van der Waals surface area contributed by atoms with Gasteiger partial charge in [-0.25, -0.2) is 0 Å². The van der Waals surface area contributed by atoms with Gasteiger partial charge >= 0.3 is 0 Å². The fraction of sp³-hybridized carbons (Fsp3) is 0.818. The molecule has 0 spiro atoms. The molecule has 0 aromatic heterocycles. The maximum Gasteiger partial charge on any atom is 0.0726 e. The topological polar surface area (TPSA) is 29.5 Å². The summed E-state index contributed by atoms with van der Waals surface area (Å²) >= 11 is 0. The molecule has 0 bridgehead atoms. The maximum atomic E-state index is 8.98. The van der Waals surface area contributed by atoms with Crippen LogP contribution in [0.15, 0.2) is 12.7 Å². The first-order valence-corrected chi connectivity index (χ1v) is 4.90. The van der Waals surface area contributed by atoms with E-state index in [1.54, 1.807) is 7.11 Å². The number of allylic oxidation sites excluding steroid dienone is 1. The first-order valence-electron chi connectivity index (χ1n) is 4.90. The van der Waals surface area contributed by atoms with E-state index in [0.29, 0.717) is 12.3 Å². The monoisotopic (exact) mass is 186 g/mol. The number of ether oxygens (including phenoxy) is 1. The molecule has 2 nitrogen and oxygen atoms in total. The van der Waals surface area contributed by atoms with Crippen molar-refractivity contribution in [1.29, 1.82) is 0 Å². The molecule has 0 saturated heterocycles. The summed E-state index contributed by atoms with van der Waals surface area (Å²) in [5.41, 5.74) is -0.178. The molecule has 0 aromatic carbocycles. The summed E-state index contributed by atoms with van der Waals surface area (Å²) in [7, 11) is 1.72. The van der Waals surface area contributed by atoms with Crippen LogP contribution in [0.3, 0.4) is 0 Å². The summed E-state index contributed by atoms with van der Waals surface area (Å²) < 4.78 is 5.53. The zero-order valence-corrected chi connectivity index (χ0v) is 9.05. The van der Waals surface area contributed by atoms with Gasteiger partial charge in [-0.2, -0.15) is 0 Å². The molecular formula is C11H22O2. The maximum absolute atomic E-state index is 8.98. The van der Waals surface area contributed by atoms with Gasteiger partial charge < -0.3 is 9.84 Å². The second-order valence-corrected chi connectivity index (χ2v) is 3.72. The molecule has 0 aliphatic rings. The van der Waals surface area contributed by atoms with Gasteiger partial charge in [-0.3, -0.25) is 0 Å². The third-order valence-corrected chi connectivity index (χ3v) is 2.77. The van der Waals surface area contributed by atoms with Crippen molar-refractivity contribution in [3.05, 3.63) is 12.7 Å². The van der Waals surface area contributed by atoms with Crippen molar-refractivity contribution < 1.29 is 9.84 Å². The lowest BCUT2D eigenvalue weighted by Gasteiger charge is -2.35. The first-order chi connectivity index (χ1) is 6.13. The Labute approximate surface area is 81.6 Å². The summed E-state index contributed by atoms with van der Waals surface area (Å²) in [6.45, 7) is 8.14. The third-order valence-electron chi connectivity index (χ3n) is 2.77. The summed E-state index contributed by atoms with van der Waals surface area (Å²) in [4.78, 5) is 0. The molecule has 0 amide bonds. The lowest BCUT2D eigenvalue weighted by atomic mass is 9.83. The highest BCUT2D eigenvalue weighted by atomic mass is 16.5. The minimum atomic E-state index is -0.178. The molecule has 1 N–H and O–H groups in total. The van der Waals surface area contributed by atoms with E-state index in [1.807, 2.05) is 6.08 Å². The molecule has 2 heteroatoms. The molecule has 1 atom stereocenters. The van der Waals surface area contributed by atoms with Gasteiger partial charge in [-0.15, -0.1) is 6.58 Å². The molecule has 0 saturated carbocycles. The average Bonchev–Trinajstić information content (AvgIpc) is 2.12. The van der Waals surface area contributed by atoms with Gasteiger partial charge in [-0.1, -0.05) is 19.9 Å². The van der Waals surface area contributed by atoms with E-state index in [4.69, 9.17) is 9.84 Å². The summed E-state index contributed by atoms with van der Waals surface area (Å²) in [6, 6.07) is 0. The van der Waals surface area contributed by atoms with Crippen LogP contribution < -0.4 is 0 Å². The van der Waals surface area contributed by atoms with Crippen LogP contribution in [0, 0.1) is 5.92 Å². The Hall–Kier alpha value is -0.340. The second-order valence-electron chi connectivity index (χ2n) is 3.72. The second kappa shape index (κ2) is 6.17. The van der Waals surface area contributed by atoms with Crippen LogP contribution in [-0.2, 0) is 4.74 Å². The van der Waals surface area contributed by atoms with Gasteiger partial charge in [0.25, 0.3) is 0 Å². The summed E-state index contributed by atoms with van der Waals surface area (Å²) in [6.07, 6.45) is 4.47. The zero-order valence-electron chi connectivity index (χ0n) is 9.05. The highest BCUT2D eigenvalue weighted by molar-refractivity contribution is 4.86. The Kier molecular flexibility index (Phi) is 6.00. The summed E-state index contributed by atoms with van der Waals surface area (Å²) in [5.74, 6) is 0.421. The predicted molar refractivity (Wildman–Crippen MR) is 55.7 cm³/mol. The van der Waals surface area contributed by atoms with Crippen molar-refractivity contribution in [2.24, 2.45) is 5.92 Å². The van der Waals surface area contributed by atoms with Gasteiger partial charge in [0.15, 0.2) is 0 Å². The fourth-order valence-electron chi connectivity index (χ4n) is 1.68. The van der Waals surface area contributed by atoms with E-state index in [9.17, 15) is 0 Å². The third kappa shape index (κ3) is 3.49. The van der Waals surface area contributed by atoms with E-state index in [0.717, 1.165) is 12.8 Å². The molecule has 0 aliphatic carbocycles. The average molecular weight is 186 g/mol. The molecule has 0 aromatic rings. The molecule has 0 heterocycles. The van der Waals surface area contributed by atoms with Crippen molar-refractivity contribution in [3.8, 4) is 0 Å². The van der Waals surface area contributed by atoms with E-state index < -0.39 is 0 Å². The standard InChI is InChI=1S/C11H22O2/c1-5-6-7-11(13-4,8-9-12)10(2)3/h5,10,12H,1,6-9H2,2-4H3/t11-/m0/s1. The lowest BCUT2D eigenvalue weighted by Crippen LogP contribution is -2.38. The van der Waals surface area contributed by atoms with Gasteiger partial charge in [0, 0.05) is 13.7 Å². The van der Waals surface area contributed by atoms with E-state index in [2.05, 4.69) is 20.4 Å². The Morgan fingerprint density at radius 3 is 2.38 bits per heavy atom. The highest BCUT2D eigenvalue weighted by Gasteiger charge is 2.31. The molecule has 13 heavy (non-hydrogen) atoms. The Morgan fingerprint density at radius 1 is 1.46 bits per heavy atom. The molecule has 0 aliphatic heterocycles. The summed E-state index contributed by atoms with van der Waals surface area (Å²) in [5, 5.41) is 8.98. The minimum Gasteiger partial charge on any atom is -0.396 e. The van der Waals surface area contributed by atoms with E-state index >= 15 is 0 Å². The Bertz CT molecular complexity index is 143. The van der Waals surface area contributed by atoms with Crippen LogP contribution >= 0.6 is 0 Å². The minimum absolute atomic E-state index is 0.178. The van der Waals surface area contributed by atoms with Crippen molar-refractivity contribution in [1.82, 2.24) is 0 Å². The van der Waals surface area contributed by atoms with Gasteiger partial charge in [-0.05, 0) is 25.2 Å². The van der Waals surface area contributed by atoms with E-state index in [-0.39, 0.29) is 12.2 Å². The smallest absolute Gasteiger partial charge is 0.0726 e. The number of hydrogen-bond donors (Lipinski definition) is 1. The molecule has 78 valence electrons. The van der Waals surface area contributed by atoms with Crippen LogP contribution in [0.4, 0.5) is 0 Å². The zero-order chi connectivity index (χ0) is 10.3. The van der Waals surface area contributed by atoms with Crippen LogP contribution in [-0.4, -0.2) is 24.4 Å². The molecule has 0 rings (SSSR count). The quantitative estimate of drug-likeness (QED) is 0.618. The number of methoxy groups -OCH3 is 1. The Morgan fingerprint density at radius 2 is 2.08 bits per heavy atom. The van der Waals surface area contributed by atoms with Crippen molar-refractivity contribution in [2.75, 3.05) is 13.7 Å². The number of aliphatic hydroxyl groups is 1. The molecule has 0 unspecified atom stereocenters. The fourth-order valence-corrected chi connectivity index (χ4v) is 1.68. The highest BCUT2D eigenvalue weighted by Crippen LogP contribution is 2.30. The predicted octanol–water partition coefficient (Wildman–Crippen LogP) is 2.38. The largest absolute Gasteiger partial charge is 0.396 e. The van der Waals surface area contributed by atoms with Gasteiger partial charge in [0.1, 0.15) is 0 Å². The number of rotatable bonds is 7. The van der Waals surface area contributed by atoms with Crippen molar-refractivity contribution in [3.63, 3.8) is 0 Å². The van der Waals surface area contributed by atoms with Gasteiger partial charge in [0.2, 0.25) is 0 Å². The molecule has 0 fully saturated rings. The Balaban J connectivity index is 4.34. The van der Waals surface area contributed by atoms with Crippen molar-refractivity contribution in [2.45, 2.75) is 38.7 Å². The van der Waals surface area contributed by atoms with E-state index in [1.165, 1.54) is 0 Å². The van der Waals surface area contributed by atoms with Crippen LogP contribution in [0.25, 0.3) is 0 Å². The normalized spacial score (nSPS) is 15.8. The first kappa shape index (κ1) is 12.7. The van der Waals surface area contributed by atoms with Crippen LogP contribution in [0.2, 0.25) is 0 Å². The van der Waals surface area contributed by atoms with Crippen molar-refractivity contribution >= 4 is 0 Å². The van der Waals surface area contributed by atoms with Crippen LogP contribution in [0.5, 0.6) is 0 Å². The molecule has 0 radical (unpaired) electrons.